The molecule has 1 N–H and O–H groups in total. The third-order valence-corrected chi connectivity index (χ3v) is 4.81. The zero-order chi connectivity index (χ0) is 19.3. The average Bonchev–Trinajstić information content (AvgIpc) is 3.32. The summed E-state index contributed by atoms with van der Waals surface area (Å²) in [7, 11) is 0. The van der Waals surface area contributed by atoms with Gasteiger partial charge in [-0.1, -0.05) is 42.5 Å². The van der Waals surface area contributed by atoms with E-state index < -0.39 is 0 Å². The van der Waals surface area contributed by atoms with Crippen LogP contribution in [-0.4, -0.2) is 33.0 Å². The lowest BCUT2D eigenvalue weighted by molar-refractivity contribution is -0.128. The summed E-state index contributed by atoms with van der Waals surface area (Å²) in [6.45, 7) is 2.00. The van der Waals surface area contributed by atoms with Crippen molar-refractivity contribution in [3.8, 4) is 0 Å². The molecule has 28 heavy (non-hydrogen) atoms. The van der Waals surface area contributed by atoms with Gasteiger partial charge in [0.05, 0.1) is 18.3 Å². The van der Waals surface area contributed by atoms with Crippen LogP contribution in [0.5, 0.6) is 0 Å². The second-order valence-electron chi connectivity index (χ2n) is 6.99. The molecular weight excluding hydrogens is 352 g/mol. The van der Waals surface area contributed by atoms with Crippen LogP contribution < -0.4 is 5.32 Å². The minimum atomic E-state index is -0.200. The van der Waals surface area contributed by atoms with Crippen LogP contribution >= 0.6 is 0 Å². The van der Waals surface area contributed by atoms with E-state index in [0.717, 1.165) is 24.1 Å². The summed E-state index contributed by atoms with van der Waals surface area (Å²) in [5.74, 6) is -0.00557. The highest BCUT2D eigenvalue weighted by Gasteiger charge is 2.20. The molecule has 6 nitrogen and oxygen atoms in total. The number of aromatic nitrogens is 2. The SMILES string of the molecule is O=C(Nc1cccc(CN2CCCC2=O)c1)c1cnn(Cc2ccccc2)c1. The van der Waals surface area contributed by atoms with Gasteiger partial charge in [-0.25, -0.2) is 0 Å². The van der Waals surface area contributed by atoms with Crippen molar-refractivity contribution in [2.75, 3.05) is 11.9 Å². The van der Waals surface area contributed by atoms with Crippen molar-refractivity contribution >= 4 is 17.5 Å². The van der Waals surface area contributed by atoms with Gasteiger partial charge in [-0.15, -0.1) is 0 Å². The van der Waals surface area contributed by atoms with E-state index in [1.165, 1.54) is 0 Å². The Balaban J connectivity index is 1.40. The number of nitrogens with one attached hydrogen (secondary N) is 1. The van der Waals surface area contributed by atoms with E-state index in [0.29, 0.717) is 30.8 Å². The Morgan fingerprint density at radius 1 is 1.04 bits per heavy atom. The van der Waals surface area contributed by atoms with Gasteiger partial charge in [0.1, 0.15) is 0 Å². The van der Waals surface area contributed by atoms with E-state index in [9.17, 15) is 9.59 Å². The fourth-order valence-corrected chi connectivity index (χ4v) is 3.38. The Kier molecular flexibility index (Phi) is 5.19. The predicted octanol–water partition coefficient (Wildman–Crippen LogP) is 3.31. The number of likely N-dealkylation sites (tertiary alicyclic amines) is 1. The number of carbonyl (C=O) groups excluding carboxylic acids is 2. The first-order valence-corrected chi connectivity index (χ1v) is 9.42. The van der Waals surface area contributed by atoms with E-state index in [4.69, 9.17) is 0 Å². The lowest BCUT2D eigenvalue weighted by atomic mass is 10.2. The number of carbonyl (C=O) groups is 2. The maximum absolute atomic E-state index is 12.6. The van der Waals surface area contributed by atoms with Crippen molar-refractivity contribution < 1.29 is 9.59 Å². The highest BCUT2D eigenvalue weighted by atomic mass is 16.2. The number of hydrogen-bond acceptors (Lipinski definition) is 3. The fraction of sp³-hybridized carbons (Fsp3) is 0.227. The van der Waals surface area contributed by atoms with Gasteiger partial charge in [0.15, 0.2) is 0 Å². The summed E-state index contributed by atoms with van der Waals surface area (Å²) in [5, 5.41) is 7.20. The summed E-state index contributed by atoms with van der Waals surface area (Å²) in [6.07, 6.45) is 4.87. The van der Waals surface area contributed by atoms with Crippen LogP contribution in [0.1, 0.15) is 34.3 Å². The van der Waals surface area contributed by atoms with E-state index >= 15 is 0 Å². The molecule has 0 saturated carbocycles. The number of rotatable bonds is 6. The van der Waals surface area contributed by atoms with Crippen LogP contribution in [0.3, 0.4) is 0 Å². The lowest BCUT2D eigenvalue weighted by Gasteiger charge is -2.16. The Hall–Kier alpha value is -3.41. The van der Waals surface area contributed by atoms with Gasteiger partial charge in [0.2, 0.25) is 5.91 Å². The molecule has 1 aromatic heterocycles. The van der Waals surface area contributed by atoms with E-state index in [-0.39, 0.29) is 11.8 Å². The van der Waals surface area contributed by atoms with E-state index in [2.05, 4.69) is 10.4 Å². The topological polar surface area (TPSA) is 67.2 Å². The molecule has 0 spiro atoms. The van der Waals surface area contributed by atoms with Crippen LogP contribution in [0, 0.1) is 0 Å². The largest absolute Gasteiger partial charge is 0.338 e. The van der Waals surface area contributed by atoms with Crippen molar-refractivity contribution in [2.24, 2.45) is 0 Å². The molecule has 142 valence electrons. The molecule has 0 radical (unpaired) electrons. The van der Waals surface area contributed by atoms with Crippen LogP contribution in [0.25, 0.3) is 0 Å². The van der Waals surface area contributed by atoms with E-state index in [1.54, 1.807) is 17.1 Å². The quantitative estimate of drug-likeness (QED) is 0.720. The highest BCUT2D eigenvalue weighted by molar-refractivity contribution is 6.03. The second-order valence-corrected chi connectivity index (χ2v) is 6.99. The standard InChI is InChI=1S/C22H22N4O2/c27-21-10-5-11-25(21)14-18-8-4-9-20(12-18)24-22(28)19-13-23-26(16-19)15-17-6-2-1-3-7-17/h1-4,6-9,12-13,16H,5,10-11,14-15H2,(H,24,28). The molecule has 0 unspecified atom stereocenters. The third-order valence-electron chi connectivity index (χ3n) is 4.81. The Bertz CT molecular complexity index is 981. The first-order chi connectivity index (χ1) is 13.7. The second kappa shape index (κ2) is 8.08. The summed E-state index contributed by atoms with van der Waals surface area (Å²) in [5.41, 5.74) is 3.36. The fourth-order valence-electron chi connectivity index (χ4n) is 3.38. The van der Waals surface area contributed by atoms with Crippen molar-refractivity contribution in [3.05, 3.63) is 83.7 Å². The summed E-state index contributed by atoms with van der Waals surface area (Å²) < 4.78 is 1.75. The first-order valence-electron chi connectivity index (χ1n) is 9.42. The normalized spacial score (nSPS) is 13.7. The lowest BCUT2D eigenvalue weighted by Crippen LogP contribution is -2.23. The Morgan fingerprint density at radius 2 is 1.86 bits per heavy atom. The zero-order valence-electron chi connectivity index (χ0n) is 15.5. The molecule has 3 aromatic rings. The van der Waals surface area contributed by atoms with Crippen LogP contribution in [-0.2, 0) is 17.9 Å². The minimum Gasteiger partial charge on any atom is -0.338 e. The molecule has 2 aromatic carbocycles. The summed E-state index contributed by atoms with van der Waals surface area (Å²) >= 11 is 0. The maximum Gasteiger partial charge on any atom is 0.258 e. The van der Waals surface area contributed by atoms with Gasteiger partial charge in [-0.3, -0.25) is 14.3 Å². The van der Waals surface area contributed by atoms with Crippen molar-refractivity contribution in [1.82, 2.24) is 14.7 Å². The molecule has 1 fully saturated rings. The van der Waals surface area contributed by atoms with Gasteiger partial charge in [0, 0.05) is 31.4 Å². The molecule has 2 amide bonds. The Morgan fingerprint density at radius 3 is 2.64 bits per heavy atom. The molecular formula is C22H22N4O2. The summed E-state index contributed by atoms with van der Waals surface area (Å²) in [4.78, 5) is 26.2. The number of nitrogens with zero attached hydrogens (tertiary/aromatic N) is 3. The number of amides is 2. The number of hydrogen-bond donors (Lipinski definition) is 1. The van der Waals surface area contributed by atoms with Gasteiger partial charge < -0.3 is 10.2 Å². The number of benzene rings is 2. The van der Waals surface area contributed by atoms with Crippen molar-refractivity contribution in [3.63, 3.8) is 0 Å². The van der Waals surface area contributed by atoms with Crippen LogP contribution in [0.2, 0.25) is 0 Å². The monoisotopic (exact) mass is 374 g/mol. The highest BCUT2D eigenvalue weighted by Crippen LogP contribution is 2.17. The Labute approximate surface area is 163 Å². The molecule has 0 atom stereocenters. The average molecular weight is 374 g/mol. The van der Waals surface area contributed by atoms with E-state index in [1.807, 2.05) is 59.5 Å². The van der Waals surface area contributed by atoms with Gasteiger partial charge in [0.25, 0.3) is 5.91 Å². The molecule has 2 heterocycles. The molecule has 1 aliphatic rings. The zero-order valence-corrected chi connectivity index (χ0v) is 15.5. The molecule has 4 rings (SSSR count). The summed E-state index contributed by atoms with van der Waals surface area (Å²) in [6, 6.07) is 17.6. The predicted molar refractivity (Wildman–Crippen MR) is 107 cm³/mol. The molecule has 0 bridgehead atoms. The van der Waals surface area contributed by atoms with Gasteiger partial charge in [-0.05, 0) is 29.7 Å². The smallest absolute Gasteiger partial charge is 0.258 e. The molecule has 1 saturated heterocycles. The minimum absolute atomic E-state index is 0.195. The van der Waals surface area contributed by atoms with Gasteiger partial charge >= 0.3 is 0 Å². The molecule has 0 aliphatic carbocycles. The van der Waals surface area contributed by atoms with Crippen molar-refractivity contribution in [2.45, 2.75) is 25.9 Å². The third kappa shape index (κ3) is 4.28. The van der Waals surface area contributed by atoms with Gasteiger partial charge in [-0.2, -0.15) is 5.10 Å². The van der Waals surface area contributed by atoms with Crippen LogP contribution in [0.15, 0.2) is 67.0 Å². The number of anilines is 1. The maximum atomic E-state index is 12.6. The van der Waals surface area contributed by atoms with Crippen LogP contribution in [0.4, 0.5) is 5.69 Å². The first kappa shape index (κ1) is 18.0. The van der Waals surface area contributed by atoms with Crippen molar-refractivity contribution in [1.29, 1.82) is 0 Å². The molecule has 6 heteroatoms. The molecule has 1 aliphatic heterocycles.